The molecule has 0 saturated carbocycles. The summed E-state index contributed by atoms with van der Waals surface area (Å²) in [7, 11) is 0. The average Bonchev–Trinajstić information content (AvgIpc) is 2.61. The molecule has 1 aliphatic heterocycles. The molecule has 1 aliphatic rings. The van der Waals surface area contributed by atoms with Crippen LogP contribution in [0.3, 0.4) is 0 Å². The largest absolute Gasteiger partial charge is 0.347 e. The minimum atomic E-state index is 0. The quantitative estimate of drug-likeness (QED) is 0.878. The van der Waals surface area contributed by atoms with Crippen LogP contribution in [-0.2, 0) is 0 Å². The van der Waals surface area contributed by atoms with Crippen LogP contribution in [0.25, 0.3) is 0 Å². The molecule has 1 aromatic rings. The smallest absolute Gasteiger partial charge is 0.263 e. The van der Waals surface area contributed by atoms with E-state index in [1.54, 1.807) is 0 Å². The van der Waals surface area contributed by atoms with Crippen molar-refractivity contribution in [2.24, 2.45) is 0 Å². The first-order valence-corrected chi connectivity index (χ1v) is 6.88. The molecule has 4 nitrogen and oxygen atoms in total. The number of nitrogens with one attached hydrogen (secondary N) is 2. The van der Waals surface area contributed by atoms with Gasteiger partial charge in [0, 0.05) is 12.1 Å². The van der Waals surface area contributed by atoms with Crippen LogP contribution in [0.15, 0.2) is 0 Å². The van der Waals surface area contributed by atoms with Crippen molar-refractivity contribution in [1.29, 1.82) is 0 Å². The number of nitrogens with zero attached hydrogens (tertiary/aromatic N) is 1. The molecule has 7 heteroatoms. The third kappa shape index (κ3) is 4.60. The lowest BCUT2D eigenvalue weighted by Crippen LogP contribution is -2.51. The molecule has 2 unspecified atom stereocenters. The highest BCUT2D eigenvalue weighted by Gasteiger charge is 2.24. The first-order chi connectivity index (χ1) is 8.08. The molecular formula is C12H21Cl2N3OS. The normalized spacial score (nSPS) is 22.1. The van der Waals surface area contributed by atoms with Crippen LogP contribution in [0.4, 0.5) is 0 Å². The topological polar surface area (TPSA) is 54.0 Å². The van der Waals surface area contributed by atoms with E-state index < -0.39 is 0 Å². The summed E-state index contributed by atoms with van der Waals surface area (Å²) in [5.41, 5.74) is 0.835. The van der Waals surface area contributed by atoms with E-state index in [4.69, 9.17) is 0 Å². The lowest BCUT2D eigenvalue weighted by molar-refractivity contribution is 0.0923. The van der Waals surface area contributed by atoms with Gasteiger partial charge < -0.3 is 10.6 Å². The third-order valence-electron chi connectivity index (χ3n) is 3.19. The summed E-state index contributed by atoms with van der Waals surface area (Å²) in [6, 6.07) is 0.583. The molecule has 0 aromatic carbocycles. The summed E-state index contributed by atoms with van der Waals surface area (Å²) >= 11 is 1.47. The number of aromatic nitrogens is 1. The molecule has 0 radical (unpaired) electrons. The Balaban J connectivity index is 0.00000162. The van der Waals surface area contributed by atoms with Crippen molar-refractivity contribution in [1.82, 2.24) is 15.6 Å². The van der Waals surface area contributed by atoms with Gasteiger partial charge in [-0.1, -0.05) is 0 Å². The highest BCUT2D eigenvalue weighted by molar-refractivity contribution is 7.13. The van der Waals surface area contributed by atoms with Gasteiger partial charge in [0.15, 0.2) is 0 Å². The fraction of sp³-hybridized carbons (Fsp3) is 0.667. The Morgan fingerprint density at radius 3 is 2.63 bits per heavy atom. The number of halogens is 2. The number of aryl methyl sites for hydroxylation is 2. The fourth-order valence-electron chi connectivity index (χ4n) is 2.22. The molecular weight excluding hydrogens is 305 g/mol. The Bertz CT molecular complexity index is 425. The van der Waals surface area contributed by atoms with E-state index >= 15 is 0 Å². The van der Waals surface area contributed by atoms with Crippen LogP contribution in [0.2, 0.25) is 0 Å². The minimum absolute atomic E-state index is 0. The minimum Gasteiger partial charge on any atom is -0.347 e. The Morgan fingerprint density at radius 1 is 1.42 bits per heavy atom. The van der Waals surface area contributed by atoms with Gasteiger partial charge in [-0.05, 0) is 40.2 Å². The van der Waals surface area contributed by atoms with Crippen molar-refractivity contribution in [3.05, 3.63) is 15.6 Å². The van der Waals surface area contributed by atoms with Gasteiger partial charge >= 0.3 is 0 Å². The maximum absolute atomic E-state index is 12.1. The van der Waals surface area contributed by atoms with E-state index in [0.29, 0.717) is 6.04 Å². The molecule has 0 spiro atoms. The second-order valence-corrected chi connectivity index (χ2v) is 5.82. The SMILES string of the molecule is Cc1nc(C)c(C(=O)NC2CCCNC2C)s1.Cl.Cl. The van der Waals surface area contributed by atoms with Gasteiger partial charge in [0.05, 0.1) is 10.7 Å². The van der Waals surface area contributed by atoms with E-state index in [-0.39, 0.29) is 36.8 Å². The number of carbonyl (C=O) groups excluding carboxylic acids is 1. The zero-order chi connectivity index (χ0) is 12.4. The monoisotopic (exact) mass is 325 g/mol. The summed E-state index contributed by atoms with van der Waals surface area (Å²) in [5, 5.41) is 7.44. The molecule has 1 aromatic heterocycles. The van der Waals surface area contributed by atoms with Crippen molar-refractivity contribution in [3.63, 3.8) is 0 Å². The number of hydrogen-bond donors (Lipinski definition) is 2. The predicted octanol–water partition coefficient (Wildman–Crippen LogP) is 2.47. The van der Waals surface area contributed by atoms with Crippen molar-refractivity contribution >= 4 is 42.1 Å². The molecule has 1 saturated heterocycles. The molecule has 0 bridgehead atoms. The Labute approximate surface area is 130 Å². The molecule has 2 atom stereocenters. The third-order valence-corrected chi connectivity index (χ3v) is 4.26. The van der Waals surface area contributed by atoms with E-state index in [0.717, 1.165) is 35.0 Å². The zero-order valence-electron chi connectivity index (χ0n) is 11.4. The van der Waals surface area contributed by atoms with Crippen molar-refractivity contribution in [2.45, 2.75) is 45.7 Å². The molecule has 2 heterocycles. The highest BCUT2D eigenvalue weighted by Crippen LogP contribution is 2.18. The van der Waals surface area contributed by atoms with Gasteiger partial charge in [-0.2, -0.15) is 0 Å². The summed E-state index contributed by atoms with van der Waals surface area (Å²) in [6.45, 7) is 6.99. The van der Waals surface area contributed by atoms with Crippen LogP contribution in [-0.4, -0.2) is 29.5 Å². The van der Waals surface area contributed by atoms with E-state index in [9.17, 15) is 4.79 Å². The number of thiazole rings is 1. The van der Waals surface area contributed by atoms with Gasteiger partial charge in [0.2, 0.25) is 0 Å². The van der Waals surface area contributed by atoms with E-state index in [2.05, 4.69) is 22.5 Å². The molecule has 2 rings (SSSR count). The fourth-order valence-corrected chi connectivity index (χ4v) is 3.04. The summed E-state index contributed by atoms with van der Waals surface area (Å²) in [4.78, 5) is 17.2. The number of amides is 1. The van der Waals surface area contributed by atoms with Crippen molar-refractivity contribution < 1.29 is 4.79 Å². The first-order valence-electron chi connectivity index (χ1n) is 6.06. The second kappa shape index (κ2) is 8.04. The molecule has 0 aliphatic carbocycles. The van der Waals surface area contributed by atoms with Gasteiger partial charge in [0.1, 0.15) is 4.88 Å². The van der Waals surface area contributed by atoms with Crippen LogP contribution in [0.5, 0.6) is 0 Å². The van der Waals surface area contributed by atoms with E-state index in [1.807, 2.05) is 13.8 Å². The molecule has 1 amide bonds. The van der Waals surface area contributed by atoms with Crippen LogP contribution in [0, 0.1) is 13.8 Å². The summed E-state index contributed by atoms with van der Waals surface area (Å²) in [6.07, 6.45) is 2.17. The van der Waals surface area contributed by atoms with Crippen molar-refractivity contribution in [2.75, 3.05) is 6.54 Å². The predicted molar refractivity (Wildman–Crippen MR) is 84.0 cm³/mol. The average molecular weight is 326 g/mol. The Hall–Kier alpha value is -0.360. The maximum Gasteiger partial charge on any atom is 0.263 e. The highest BCUT2D eigenvalue weighted by atomic mass is 35.5. The number of hydrogen-bond acceptors (Lipinski definition) is 4. The van der Waals surface area contributed by atoms with Gasteiger partial charge in [-0.15, -0.1) is 36.2 Å². The second-order valence-electron chi connectivity index (χ2n) is 4.61. The van der Waals surface area contributed by atoms with Crippen LogP contribution >= 0.6 is 36.2 Å². The number of rotatable bonds is 2. The number of piperidine rings is 1. The van der Waals surface area contributed by atoms with Gasteiger partial charge in [-0.3, -0.25) is 4.79 Å². The van der Waals surface area contributed by atoms with E-state index in [1.165, 1.54) is 11.3 Å². The van der Waals surface area contributed by atoms with Gasteiger partial charge in [-0.25, -0.2) is 4.98 Å². The first kappa shape index (κ1) is 18.6. The lowest BCUT2D eigenvalue weighted by Gasteiger charge is -2.30. The lowest BCUT2D eigenvalue weighted by atomic mass is 10.00. The maximum atomic E-state index is 12.1. The van der Waals surface area contributed by atoms with Crippen LogP contribution < -0.4 is 10.6 Å². The summed E-state index contributed by atoms with van der Waals surface area (Å²) < 4.78 is 0. The molecule has 2 N–H and O–H groups in total. The Morgan fingerprint density at radius 2 is 2.11 bits per heavy atom. The zero-order valence-corrected chi connectivity index (χ0v) is 13.8. The Kier molecular flexibility index (Phi) is 7.89. The summed E-state index contributed by atoms with van der Waals surface area (Å²) in [5.74, 6) is 0.0219. The number of carbonyl (C=O) groups is 1. The van der Waals surface area contributed by atoms with Gasteiger partial charge in [0.25, 0.3) is 5.91 Å². The van der Waals surface area contributed by atoms with Crippen LogP contribution in [0.1, 0.15) is 40.1 Å². The van der Waals surface area contributed by atoms with Crippen molar-refractivity contribution in [3.8, 4) is 0 Å². The molecule has 110 valence electrons. The molecule has 1 fully saturated rings. The standard InChI is InChI=1S/C12H19N3OS.2ClH/c1-7-10(5-4-6-13-7)15-12(16)11-8(2)14-9(3)17-11;;/h7,10,13H,4-6H2,1-3H3,(H,15,16);2*1H. The molecule has 19 heavy (non-hydrogen) atoms.